The summed E-state index contributed by atoms with van der Waals surface area (Å²) in [5, 5.41) is 2.66. The number of ether oxygens (including phenoxy) is 3. The molecule has 0 radical (unpaired) electrons. The van der Waals surface area contributed by atoms with E-state index in [1.165, 1.54) is 37.3 Å². The number of carbonyl (C=O) groups is 2. The molecule has 130 valence electrons. The molecule has 0 aromatic heterocycles. The fourth-order valence-corrected chi connectivity index (χ4v) is 2.34. The zero-order chi connectivity index (χ0) is 18.0. The van der Waals surface area contributed by atoms with Crippen molar-refractivity contribution in [3.05, 3.63) is 47.8 Å². The van der Waals surface area contributed by atoms with E-state index in [0.29, 0.717) is 28.5 Å². The predicted molar refractivity (Wildman–Crippen MR) is 87.7 cm³/mol. The molecule has 2 aromatic rings. The minimum absolute atomic E-state index is 0.0636. The van der Waals surface area contributed by atoms with Crippen LogP contribution in [-0.4, -0.2) is 24.6 Å². The molecule has 0 spiro atoms. The summed E-state index contributed by atoms with van der Waals surface area (Å²) in [6, 6.07) is 8.42. The lowest BCUT2D eigenvalue weighted by Crippen LogP contribution is -2.30. The highest BCUT2D eigenvalue weighted by molar-refractivity contribution is 6.05. The molecule has 0 aliphatic carbocycles. The van der Waals surface area contributed by atoms with Gasteiger partial charge in [0, 0.05) is 11.6 Å². The molecular formula is C18H16FNO5. The van der Waals surface area contributed by atoms with Crippen molar-refractivity contribution in [1.82, 2.24) is 0 Å². The fraction of sp³-hybridized carbons (Fsp3) is 0.222. The van der Waals surface area contributed by atoms with E-state index in [9.17, 15) is 14.0 Å². The average Bonchev–Trinajstić information content (AvgIpc) is 3.03. The number of halogens is 1. The molecular weight excluding hydrogens is 329 g/mol. The topological polar surface area (TPSA) is 73.9 Å². The van der Waals surface area contributed by atoms with Crippen LogP contribution in [0, 0.1) is 5.82 Å². The first-order chi connectivity index (χ1) is 11.9. The van der Waals surface area contributed by atoms with Gasteiger partial charge in [0.2, 0.25) is 6.79 Å². The van der Waals surface area contributed by atoms with Gasteiger partial charge >= 0.3 is 0 Å². The monoisotopic (exact) mass is 345 g/mol. The molecule has 2 aromatic carbocycles. The smallest absolute Gasteiger partial charge is 0.265 e. The summed E-state index contributed by atoms with van der Waals surface area (Å²) in [6.07, 6.45) is -0.851. The van der Waals surface area contributed by atoms with Gasteiger partial charge in [-0.2, -0.15) is 0 Å². The van der Waals surface area contributed by atoms with Gasteiger partial charge < -0.3 is 19.5 Å². The number of ketones is 1. The van der Waals surface area contributed by atoms with Crippen LogP contribution in [-0.2, 0) is 4.79 Å². The molecule has 6 nitrogen and oxygen atoms in total. The van der Waals surface area contributed by atoms with Crippen LogP contribution >= 0.6 is 0 Å². The normalized spacial score (nSPS) is 13.2. The Morgan fingerprint density at radius 2 is 1.80 bits per heavy atom. The molecule has 0 bridgehead atoms. The molecule has 1 amide bonds. The maximum Gasteiger partial charge on any atom is 0.265 e. The largest absolute Gasteiger partial charge is 0.481 e. The van der Waals surface area contributed by atoms with Crippen LogP contribution in [0.5, 0.6) is 17.2 Å². The maximum atomic E-state index is 12.9. The van der Waals surface area contributed by atoms with Crippen LogP contribution in [0.25, 0.3) is 0 Å². The van der Waals surface area contributed by atoms with Crippen LogP contribution in [0.4, 0.5) is 10.1 Å². The number of benzene rings is 2. The lowest BCUT2D eigenvalue weighted by atomic mass is 10.1. The summed E-state index contributed by atoms with van der Waals surface area (Å²) in [5.41, 5.74) is 0.628. The molecule has 1 atom stereocenters. The quantitative estimate of drug-likeness (QED) is 0.843. The van der Waals surface area contributed by atoms with Crippen molar-refractivity contribution in [3.63, 3.8) is 0 Å². The van der Waals surface area contributed by atoms with Gasteiger partial charge in [-0.15, -0.1) is 0 Å². The zero-order valence-electron chi connectivity index (χ0n) is 13.7. The Hall–Kier alpha value is -3.09. The maximum absolute atomic E-state index is 12.9. The standard InChI is InChI=1S/C18H16FNO5/c1-10(21)14-7-16-17(24-9-23-16)8-15(14)20-18(22)11(2)25-13-5-3-12(19)4-6-13/h3-8,11H,9H2,1-2H3,(H,20,22). The molecule has 0 fully saturated rings. The van der Waals surface area contributed by atoms with E-state index in [4.69, 9.17) is 14.2 Å². The lowest BCUT2D eigenvalue weighted by molar-refractivity contribution is -0.122. The first-order valence-corrected chi connectivity index (χ1v) is 7.61. The molecule has 0 saturated carbocycles. The number of nitrogens with one attached hydrogen (secondary N) is 1. The van der Waals surface area contributed by atoms with E-state index in [-0.39, 0.29) is 12.6 Å². The first-order valence-electron chi connectivity index (χ1n) is 7.61. The number of anilines is 1. The second kappa shape index (κ2) is 6.80. The SMILES string of the molecule is CC(=O)c1cc2c(cc1NC(=O)C(C)Oc1ccc(F)cc1)OCO2. The van der Waals surface area contributed by atoms with E-state index in [2.05, 4.69) is 5.32 Å². The Bertz CT molecular complexity index is 819. The van der Waals surface area contributed by atoms with Gasteiger partial charge in [-0.3, -0.25) is 9.59 Å². The number of amides is 1. The Balaban J connectivity index is 1.75. The van der Waals surface area contributed by atoms with Gasteiger partial charge in [0.05, 0.1) is 5.69 Å². The number of hydrogen-bond acceptors (Lipinski definition) is 5. The molecule has 1 aliphatic heterocycles. The van der Waals surface area contributed by atoms with Crippen LogP contribution in [0.2, 0.25) is 0 Å². The Morgan fingerprint density at radius 3 is 2.44 bits per heavy atom. The minimum Gasteiger partial charge on any atom is -0.481 e. The van der Waals surface area contributed by atoms with Gasteiger partial charge in [-0.25, -0.2) is 4.39 Å². The van der Waals surface area contributed by atoms with Crippen LogP contribution in [0.1, 0.15) is 24.2 Å². The van der Waals surface area contributed by atoms with E-state index in [1.54, 1.807) is 13.0 Å². The van der Waals surface area contributed by atoms with Gasteiger partial charge in [0.15, 0.2) is 23.4 Å². The summed E-state index contributed by atoms with van der Waals surface area (Å²) in [7, 11) is 0. The summed E-state index contributed by atoms with van der Waals surface area (Å²) >= 11 is 0. The van der Waals surface area contributed by atoms with Crippen molar-refractivity contribution in [2.45, 2.75) is 20.0 Å². The highest BCUT2D eigenvalue weighted by Crippen LogP contribution is 2.37. The number of Topliss-reactive ketones (excluding diaryl/α,β-unsaturated/α-hetero) is 1. The van der Waals surface area contributed by atoms with Crippen molar-refractivity contribution in [3.8, 4) is 17.2 Å². The molecule has 0 saturated heterocycles. The Kier molecular flexibility index (Phi) is 4.56. The third kappa shape index (κ3) is 3.71. The lowest BCUT2D eigenvalue weighted by Gasteiger charge is -2.16. The van der Waals surface area contributed by atoms with Gasteiger partial charge in [-0.05, 0) is 44.2 Å². The van der Waals surface area contributed by atoms with E-state index >= 15 is 0 Å². The fourth-order valence-electron chi connectivity index (χ4n) is 2.34. The Labute approximate surface area is 143 Å². The van der Waals surface area contributed by atoms with E-state index < -0.39 is 17.8 Å². The summed E-state index contributed by atoms with van der Waals surface area (Å²) in [4.78, 5) is 24.2. The Morgan fingerprint density at radius 1 is 1.16 bits per heavy atom. The number of rotatable bonds is 5. The van der Waals surface area contributed by atoms with Crippen molar-refractivity contribution >= 4 is 17.4 Å². The van der Waals surface area contributed by atoms with Crippen molar-refractivity contribution < 1.29 is 28.2 Å². The second-order valence-electron chi connectivity index (χ2n) is 5.51. The molecule has 1 unspecified atom stereocenters. The third-order valence-corrected chi connectivity index (χ3v) is 3.65. The minimum atomic E-state index is -0.851. The van der Waals surface area contributed by atoms with E-state index in [0.717, 1.165) is 0 Å². The summed E-state index contributed by atoms with van der Waals surface area (Å²) in [6.45, 7) is 3.01. The highest BCUT2D eigenvalue weighted by atomic mass is 19.1. The summed E-state index contributed by atoms with van der Waals surface area (Å²) in [5.74, 6) is 0.204. The van der Waals surface area contributed by atoms with Gasteiger partial charge in [0.1, 0.15) is 11.6 Å². The highest BCUT2D eigenvalue weighted by Gasteiger charge is 2.22. The molecule has 7 heteroatoms. The second-order valence-corrected chi connectivity index (χ2v) is 5.51. The van der Waals surface area contributed by atoms with Crippen LogP contribution in [0.3, 0.4) is 0 Å². The first kappa shape index (κ1) is 16.8. The van der Waals surface area contributed by atoms with Gasteiger partial charge in [-0.1, -0.05) is 0 Å². The molecule has 1 N–H and O–H groups in total. The van der Waals surface area contributed by atoms with Gasteiger partial charge in [0.25, 0.3) is 5.91 Å². The van der Waals surface area contributed by atoms with Crippen LogP contribution in [0.15, 0.2) is 36.4 Å². The van der Waals surface area contributed by atoms with Crippen molar-refractivity contribution in [2.75, 3.05) is 12.1 Å². The number of fused-ring (bicyclic) bond motifs is 1. The third-order valence-electron chi connectivity index (χ3n) is 3.65. The predicted octanol–water partition coefficient (Wildman–Crippen LogP) is 3.16. The van der Waals surface area contributed by atoms with Crippen molar-refractivity contribution in [1.29, 1.82) is 0 Å². The molecule has 25 heavy (non-hydrogen) atoms. The molecule has 1 heterocycles. The summed E-state index contributed by atoms with van der Waals surface area (Å²) < 4.78 is 28.9. The van der Waals surface area contributed by atoms with Crippen LogP contribution < -0.4 is 19.5 Å². The molecule has 3 rings (SSSR count). The van der Waals surface area contributed by atoms with Crippen molar-refractivity contribution in [2.24, 2.45) is 0 Å². The zero-order valence-corrected chi connectivity index (χ0v) is 13.7. The molecule has 1 aliphatic rings. The van der Waals surface area contributed by atoms with E-state index in [1.807, 2.05) is 0 Å². The average molecular weight is 345 g/mol. The number of carbonyl (C=O) groups excluding carboxylic acids is 2. The number of hydrogen-bond donors (Lipinski definition) is 1.